The summed E-state index contributed by atoms with van der Waals surface area (Å²) in [6, 6.07) is 0. The van der Waals surface area contributed by atoms with Crippen molar-refractivity contribution >= 4 is 5.97 Å². The standard InChI is InChI=1S/C23H42O6/c1-9-26-19(7)14-23(29-21(25)16(3)4)12-17(5)11-22(15-23,13-18(6)24)28-20(8)27-10-2/h17-20,24H,3,9-15H2,1-2,4-8H3. The summed E-state index contributed by atoms with van der Waals surface area (Å²) < 4.78 is 23.9. The van der Waals surface area contributed by atoms with Gasteiger partial charge in [-0.05, 0) is 60.3 Å². The van der Waals surface area contributed by atoms with E-state index in [2.05, 4.69) is 13.5 Å². The summed E-state index contributed by atoms with van der Waals surface area (Å²) >= 11 is 0. The van der Waals surface area contributed by atoms with Crippen LogP contribution in [0.3, 0.4) is 0 Å². The third kappa shape index (κ3) is 8.36. The average molecular weight is 415 g/mol. The van der Waals surface area contributed by atoms with Gasteiger partial charge < -0.3 is 24.1 Å². The molecule has 29 heavy (non-hydrogen) atoms. The summed E-state index contributed by atoms with van der Waals surface area (Å²) in [5, 5.41) is 10.2. The van der Waals surface area contributed by atoms with Gasteiger partial charge in [-0.15, -0.1) is 0 Å². The fraction of sp³-hybridized carbons (Fsp3) is 0.870. The first-order valence-electron chi connectivity index (χ1n) is 10.9. The van der Waals surface area contributed by atoms with Crippen LogP contribution >= 0.6 is 0 Å². The molecule has 170 valence electrons. The van der Waals surface area contributed by atoms with Gasteiger partial charge in [0.05, 0.1) is 17.8 Å². The first-order valence-corrected chi connectivity index (χ1v) is 10.9. The smallest absolute Gasteiger partial charge is 0.333 e. The Morgan fingerprint density at radius 3 is 2.21 bits per heavy atom. The normalized spacial score (nSPS) is 30.4. The molecule has 0 amide bonds. The van der Waals surface area contributed by atoms with Crippen molar-refractivity contribution in [3.05, 3.63) is 12.2 Å². The van der Waals surface area contributed by atoms with E-state index in [9.17, 15) is 9.90 Å². The van der Waals surface area contributed by atoms with Crippen LogP contribution in [0.2, 0.25) is 0 Å². The molecule has 0 aromatic heterocycles. The van der Waals surface area contributed by atoms with E-state index in [4.69, 9.17) is 18.9 Å². The van der Waals surface area contributed by atoms with Crippen LogP contribution in [0.4, 0.5) is 0 Å². The molecule has 1 aliphatic rings. The van der Waals surface area contributed by atoms with E-state index >= 15 is 0 Å². The van der Waals surface area contributed by atoms with Gasteiger partial charge in [0.1, 0.15) is 5.60 Å². The van der Waals surface area contributed by atoms with Crippen molar-refractivity contribution in [2.75, 3.05) is 13.2 Å². The third-order valence-corrected chi connectivity index (χ3v) is 5.34. The van der Waals surface area contributed by atoms with Gasteiger partial charge in [0.15, 0.2) is 6.29 Å². The molecule has 0 heterocycles. The van der Waals surface area contributed by atoms with Crippen molar-refractivity contribution in [3.8, 4) is 0 Å². The molecule has 0 bridgehead atoms. The molecule has 6 atom stereocenters. The minimum Gasteiger partial charge on any atom is -0.456 e. The predicted octanol–water partition coefficient (Wildman–Crippen LogP) is 4.39. The van der Waals surface area contributed by atoms with E-state index < -0.39 is 29.6 Å². The quantitative estimate of drug-likeness (QED) is 0.290. The van der Waals surface area contributed by atoms with Crippen molar-refractivity contribution < 1.29 is 28.8 Å². The number of aliphatic hydroxyl groups is 1. The summed E-state index contributed by atoms with van der Waals surface area (Å²) in [4.78, 5) is 12.5. The van der Waals surface area contributed by atoms with Gasteiger partial charge in [0.2, 0.25) is 0 Å². The first-order chi connectivity index (χ1) is 13.5. The van der Waals surface area contributed by atoms with Crippen LogP contribution in [0.25, 0.3) is 0 Å². The van der Waals surface area contributed by atoms with Crippen LogP contribution in [-0.2, 0) is 23.7 Å². The van der Waals surface area contributed by atoms with Gasteiger partial charge in [-0.2, -0.15) is 0 Å². The van der Waals surface area contributed by atoms with Crippen molar-refractivity contribution in [1.82, 2.24) is 0 Å². The number of hydrogen-bond donors (Lipinski definition) is 1. The van der Waals surface area contributed by atoms with E-state index in [1.165, 1.54) is 0 Å². The molecule has 0 saturated heterocycles. The molecule has 1 N–H and O–H groups in total. The molecule has 6 heteroatoms. The Morgan fingerprint density at radius 2 is 1.69 bits per heavy atom. The fourth-order valence-corrected chi connectivity index (χ4v) is 4.95. The van der Waals surface area contributed by atoms with Crippen LogP contribution in [0.5, 0.6) is 0 Å². The van der Waals surface area contributed by atoms with Gasteiger partial charge in [0, 0.05) is 38.0 Å². The predicted molar refractivity (Wildman–Crippen MR) is 114 cm³/mol. The lowest BCUT2D eigenvalue weighted by Crippen LogP contribution is -2.55. The number of rotatable bonds is 12. The Hall–Kier alpha value is -0.950. The van der Waals surface area contributed by atoms with Gasteiger partial charge in [-0.25, -0.2) is 4.79 Å². The van der Waals surface area contributed by atoms with E-state index in [-0.39, 0.29) is 12.0 Å². The Balaban J connectivity index is 3.29. The number of ether oxygens (including phenoxy) is 4. The maximum atomic E-state index is 12.5. The summed E-state index contributed by atoms with van der Waals surface area (Å²) in [6.45, 7) is 18.2. The van der Waals surface area contributed by atoms with E-state index in [0.717, 1.165) is 12.8 Å². The third-order valence-electron chi connectivity index (χ3n) is 5.34. The molecule has 1 saturated carbocycles. The highest BCUT2D eigenvalue weighted by molar-refractivity contribution is 5.87. The molecule has 1 rings (SSSR count). The average Bonchev–Trinajstić information content (AvgIpc) is 2.52. The number of carbonyl (C=O) groups is 1. The van der Waals surface area contributed by atoms with Crippen LogP contribution in [0.15, 0.2) is 12.2 Å². The van der Waals surface area contributed by atoms with E-state index in [1.807, 2.05) is 27.7 Å². The van der Waals surface area contributed by atoms with Gasteiger partial charge >= 0.3 is 5.97 Å². The Kier molecular flexibility index (Phi) is 10.3. The zero-order valence-corrected chi connectivity index (χ0v) is 19.5. The zero-order chi connectivity index (χ0) is 22.2. The number of aliphatic hydroxyl groups excluding tert-OH is 1. The van der Waals surface area contributed by atoms with Crippen molar-refractivity contribution in [1.29, 1.82) is 0 Å². The lowest BCUT2D eigenvalue weighted by Gasteiger charge is -2.51. The van der Waals surface area contributed by atoms with E-state index in [0.29, 0.717) is 38.0 Å². The zero-order valence-electron chi connectivity index (χ0n) is 19.5. The Labute approximate surface area is 176 Å². The highest BCUT2D eigenvalue weighted by Crippen LogP contribution is 2.48. The molecule has 0 aromatic carbocycles. The lowest BCUT2D eigenvalue weighted by atomic mass is 9.66. The fourth-order valence-electron chi connectivity index (χ4n) is 4.95. The second-order valence-electron chi connectivity index (χ2n) is 8.89. The van der Waals surface area contributed by atoms with Crippen LogP contribution in [0, 0.1) is 5.92 Å². The topological polar surface area (TPSA) is 74.2 Å². The molecule has 6 unspecified atom stereocenters. The van der Waals surface area contributed by atoms with Crippen molar-refractivity contribution in [3.63, 3.8) is 0 Å². The number of hydrogen-bond acceptors (Lipinski definition) is 6. The molecule has 6 nitrogen and oxygen atoms in total. The maximum absolute atomic E-state index is 12.5. The maximum Gasteiger partial charge on any atom is 0.333 e. The molecular weight excluding hydrogens is 372 g/mol. The van der Waals surface area contributed by atoms with Crippen LogP contribution in [-0.4, -0.2) is 54.0 Å². The molecule has 0 radical (unpaired) electrons. The van der Waals surface area contributed by atoms with Crippen molar-refractivity contribution in [2.24, 2.45) is 5.92 Å². The van der Waals surface area contributed by atoms with E-state index in [1.54, 1.807) is 13.8 Å². The second kappa shape index (κ2) is 11.4. The number of esters is 1. The SMILES string of the molecule is C=C(C)C(=O)OC1(CC(C)OCC)CC(C)CC(CC(C)O)(OC(C)OCC)C1. The minimum atomic E-state index is -0.747. The molecule has 0 aliphatic heterocycles. The largest absolute Gasteiger partial charge is 0.456 e. The lowest BCUT2D eigenvalue weighted by molar-refractivity contribution is -0.249. The Morgan fingerprint density at radius 1 is 1.10 bits per heavy atom. The van der Waals surface area contributed by atoms with Crippen molar-refractivity contribution in [2.45, 2.75) is 110 Å². The summed E-state index contributed by atoms with van der Waals surface area (Å²) in [6.07, 6.45) is 1.96. The monoisotopic (exact) mass is 414 g/mol. The molecular formula is C23H42O6. The second-order valence-corrected chi connectivity index (χ2v) is 8.89. The number of carbonyl (C=O) groups excluding carboxylic acids is 1. The summed E-state index contributed by atoms with van der Waals surface area (Å²) in [7, 11) is 0. The van der Waals surface area contributed by atoms with Gasteiger partial charge in [-0.3, -0.25) is 0 Å². The van der Waals surface area contributed by atoms with Gasteiger partial charge in [-0.1, -0.05) is 13.5 Å². The minimum absolute atomic E-state index is 0.0724. The Bertz CT molecular complexity index is 529. The molecule has 0 spiro atoms. The van der Waals surface area contributed by atoms with Gasteiger partial charge in [0.25, 0.3) is 0 Å². The highest BCUT2D eigenvalue weighted by Gasteiger charge is 2.52. The summed E-state index contributed by atoms with van der Waals surface area (Å²) in [5.74, 6) is -0.158. The molecule has 1 aliphatic carbocycles. The highest BCUT2D eigenvalue weighted by atomic mass is 16.7. The molecule has 1 fully saturated rings. The summed E-state index contributed by atoms with van der Waals surface area (Å²) in [5.41, 5.74) is -1.03. The van der Waals surface area contributed by atoms with Crippen LogP contribution < -0.4 is 0 Å². The van der Waals surface area contributed by atoms with Crippen LogP contribution in [0.1, 0.15) is 80.6 Å². The molecule has 0 aromatic rings. The first kappa shape index (κ1) is 26.1.